The number of fused-ring (bicyclic) bond motifs is 1. The monoisotopic (exact) mass is 363 g/mol. The molecule has 1 fully saturated rings. The average Bonchev–Trinajstić information content (AvgIpc) is 3.37. The van der Waals surface area contributed by atoms with Crippen molar-refractivity contribution in [2.75, 3.05) is 20.2 Å². The van der Waals surface area contributed by atoms with Gasteiger partial charge < -0.3 is 14.0 Å². The number of aromatic nitrogens is 2. The Morgan fingerprint density at radius 3 is 2.85 bits per heavy atom. The van der Waals surface area contributed by atoms with Crippen LogP contribution >= 0.6 is 0 Å². The molecule has 1 atom stereocenters. The summed E-state index contributed by atoms with van der Waals surface area (Å²) < 4.78 is 7.58. The van der Waals surface area contributed by atoms with Crippen LogP contribution in [0.15, 0.2) is 54.9 Å². The molecule has 0 N–H and O–H groups in total. The second-order valence-corrected chi connectivity index (χ2v) is 7.18. The summed E-state index contributed by atoms with van der Waals surface area (Å²) >= 11 is 0. The van der Waals surface area contributed by atoms with E-state index in [0.717, 1.165) is 55.7 Å². The molecule has 27 heavy (non-hydrogen) atoms. The molecule has 3 aromatic rings. The number of pyridine rings is 1. The maximum atomic E-state index is 12.8. The highest BCUT2D eigenvalue weighted by Gasteiger charge is 2.17. The van der Waals surface area contributed by atoms with Crippen LogP contribution in [0.25, 0.3) is 16.9 Å². The number of imidazole rings is 1. The topological polar surface area (TPSA) is 46.8 Å². The Morgan fingerprint density at radius 1 is 1.22 bits per heavy atom. The summed E-state index contributed by atoms with van der Waals surface area (Å²) in [4.78, 5) is 19.2. The first-order valence-electron chi connectivity index (χ1n) is 9.62. The summed E-state index contributed by atoms with van der Waals surface area (Å²) in [7, 11) is 1.87. The lowest BCUT2D eigenvalue weighted by Gasteiger charge is -2.18. The highest BCUT2D eigenvalue weighted by molar-refractivity contribution is 5.94. The molecule has 1 saturated heterocycles. The predicted octanol–water partition coefficient (Wildman–Crippen LogP) is 4.03. The van der Waals surface area contributed by atoms with Gasteiger partial charge in [0.25, 0.3) is 5.91 Å². The summed E-state index contributed by atoms with van der Waals surface area (Å²) in [6, 6.07) is 13.8. The summed E-state index contributed by atoms with van der Waals surface area (Å²) in [5.41, 5.74) is 3.50. The predicted molar refractivity (Wildman–Crippen MR) is 106 cm³/mol. The molecule has 3 heterocycles. The number of hydrogen-bond donors (Lipinski definition) is 0. The molecule has 1 aromatic carbocycles. The van der Waals surface area contributed by atoms with Gasteiger partial charge in [-0.15, -0.1) is 0 Å². The van der Waals surface area contributed by atoms with Crippen molar-refractivity contribution >= 4 is 11.6 Å². The Bertz CT molecular complexity index is 914. The molecule has 0 radical (unpaired) electrons. The van der Waals surface area contributed by atoms with Crippen molar-refractivity contribution in [1.82, 2.24) is 14.3 Å². The first-order valence-corrected chi connectivity index (χ1v) is 9.62. The molecule has 1 unspecified atom stereocenters. The Balaban J connectivity index is 1.43. The van der Waals surface area contributed by atoms with Crippen molar-refractivity contribution in [2.24, 2.45) is 0 Å². The van der Waals surface area contributed by atoms with Gasteiger partial charge in [-0.25, -0.2) is 4.98 Å². The van der Waals surface area contributed by atoms with Crippen molar-refractivity contribution in [3.8, 4) is 11.3 Å². The molecule has 140 valence electrons. The molecular weight excluding hydrogens is 338 g/mol. The lowest BCUT2D eigenvalue weighted by atomic mass is 10.1. The molecule has 0 aliphatic carbocycles. The lowest BCUT2D eigenvalue weighted by molar-refractivity contribution is 0.0762. The van der Waals surface area contributed by atoms with Crippen molar-refractivity contribution in [1.29, 1.82) is 0 Å². The molecular formula is C22H25N3O2. The molecule has 1 aliphatic rings. The van der Waals surface area contributed by atoms with Crippen LogP contribution in [0.2, 0.25) is 0 Å². The zero-order valence-electron chi connectivity index (χ0n) is 15.7. The number of hydrogen-bond acceptors (Lipinski definition) is 3. The van der Waals surface area contributed by atoms with E-state index in [1.165, 1.54) is 0 Å². The van der Waals surface area contributed by atoms with Crippen LogP contribution in [0.1, 0.15) is 36.0 Å². The molecule has 2 aromatic heterocycles. The number of nitrogens with zero attached hydrogens (tertiary/aromatic N) is 3. The summed E-state index contributed by atoms with van der Waals surface area (Å²) in [5, 5.41) is 0. The fourth-order valence-corrected chi connectivity index (χ4v) is 3.62. The second-order valence-electron chi connectivity index (χ2n) is 7.18. The van der Waals surface area contributed by atoms with E-state index in [1.54, 1.807) is 4.90 Å². The quantitative estimate of drug-likeness (QED) is 0.664. The molecule has 5 nitrogen and oxygen atoms in total. The van der Waals surface area contributed by atoms with Gasteiger partial charge in [0, 0.05) is 38.2 Å². The fourth-order valence-electron chi connectivity index (χ4n) is 3.62. The van der Waals surface area contributed by atoms with Gasteiger partial charge in [-0.05, 0) is 37.8 Å². The van der Waals surface area contributed by atoms with Gasteiger partial charge in [-0.2, -0.15) is 0 Å². The Hall–Kier alpha value is -2.66. The number of ether oxygens (including phenoxy) is 1. The molecule has 4 rings (SSSR count). The first kappa shape index (κ1) is 17.7. The van der Waals surface area contributed by atoms with E-state index in [9.17, 15) is 4.79 Å². The number of carbonyl (C=O) groups excluding carboxylic acids is 1. The minimum absolute atomic E-state index is 0.0409. The van der Waals surface area contributed by atoms with Gasteiger partial charge in [0.1, 0.15) is 5.65 Å². The molecule has 1 amide bonds. The standard InChI is InChI=1S/C22H25N3O2/c1-24(13-5-9-19-10-6-14-27-19)22(26)18-11-12-21-23-20(16-25(21)15-18)17-7-3-2-4-8-17/h2-4,7-8,11-12,15-16,19H,5-6,9-10,13-14H2,1H3. The van der Waals surface area contributed by atoms with Crippen molar-refractivity contribution in [3.63, 3.8) is 0 Å². The van der Waals surface area contributed by atoms with Crippen LogP contribution in [0.4, 0.5) is 0 Å². The highest BCUT2D eigenvalue weighted by Crippen LogP contribution is 2.20. The largest absolute Gasteiger partial charge is 0.378 e. The van der Waals surface area contributed by atoms with E-state index in [-0.39, 0.29) is 5.91 Å². The fraction of sp³-hybridized carbons (Fsp3) is 0.364. The van der Waals surface area contributed by atoms with E-state index in [4.69, 9.17) is 4.74 Å². The van der Waals surface area contributed by atoms with Gasteiger partial charge in [-0.1, -0.05) is 30.3 Å². The third-order valence-electron chi connectivity index (χ3n) is 5.16. The van der Waals surface area contributed by atoms with E-state index in [2.05, 4.69) is 4.98 Å². The normalized spacial score (nSPS) is 16.7. The Labute approximate surface area is 159 Å². The molecule has 1 aliphatic heterocycles. The summed E-state index contributed by atoms with van der Waals surface area (Å²) in [6.45, 7) is 1.63. The molecule has 0 bridgehead atoms. The zero-order chi connectivity index (χ0) is 18.6. The smallest absolute Gasteiger partial charge is 0.255 e. The van der Waals surface area contributed by atoms with Crippen LogP contribution in [-0.2, 0) is 4.74 Å². The van der Waals surface area contributed by atoms with Crippen LogP contribution < -0.4 is 0 Å². The van der Waals surface area contributed by atoms with Crippen molar-refractivity contribution in [2.45, 2.75) is 31.8 Å². The van der Waals surface area contributed by atoms with E-state index < -0.39 is 0 Å². The van der Waals surface area contributed by atoms with Gasteiger partial charge in [0.15, 0.2) is 0 Å². The van der Waals surface area contributed by atoms with Crippen LogP contribution in [0.3, 0.4) is 0 Å². The second kappa shape index (κ2) is 7.92. The van der Waals surface area contributed by atoms with E-state index >= 15 is 0 Å². The third-order valence-corrected chi connectivity index (χ3v) is 5.16. The summed E-state index contributed by atoms with van der Waals surface area (Å²) in [5.74, 6) is 0.0409. The van der Waals surface area contributed by atoms with Crippen molar-refractivity contribution in [3.05, 3.63) is 60.4 Å². The van der Waals surface area contributed by atoms with Crippen molar-refractivity contribution < 1.29 is 9.53 Å². The van der Waals surface area contributed by atoms with Gasteiger partial charge in [-0.3, -0.25) is 4.79 Å². The Kier molecular flexibility index (Phi) is 5.21. The minimum atomic E-state index is 0.0409. The molecule has 0 saturated carbocycles. The average molecular weight is 363 g/mol. The highest BCUT2D eigenvalue weighted by atomic mass is 16.5. The number of carbonyl (C=O) groups is 1. The number of amides is 1. The van der Waals surface area contributed by atoms with Gasteiger partial charge in [0.05, 0.1) is 17.4 Å². The minimum Gasteiger partial charge on any atom is -0.378 e. The lowest BCUT2D eigenvalue weighted by Crippen LogP contribution is -2.28. The number of rotatable bonds is 6. The first-order chi connectivity index (χ1) is 13.2. The van der Waals surface area contributed by atoms with Crippen LogP contribution in [0.5, 0.6) is 0 Å². The van der Waals surface area contributed by atoms with E-state index in [0.29, 0.717) is 11.7 Å². The maximum Gasteiger partial charge on any atom is 0.255 e. The zero-order valence-corrected chi connectivity index (χ0v) is 15.7. The SMILES string of the molecule is CN(CCCC1CCCO1)C(=O)c1ccc2nc(-c3ccccc3)cn2c1. The maximum absolute atomic E-state index is 12.8. The van der Waals surface area contributed by atoms with E-state index in [1.807, 2.05) is 66.3 Å². The van der Waals surface area contributed by atoms with Gasteiger partial charge in [0.2, 0.25) is 0 Å². The Morgan fingerprint density at radius 2 is 2.07 bits per heavy atom. The van der Waals surface area contributed by atoms with Gasteiger partial charge >= 0.3 is 0 Å². The molecule has 5 heteroatoms. The van der Waals surface area contributed by atoms with Crippen LogP contribution in [0, 0.1) is 0 Å². The summed E-state index contributed by atoms with van der Waals surface area (Å²) in [6.07, 6.45) is 8.53. The number of benzene rings is 1. The molecule has 0 spiro atoms. The van der Waals surface area contributed by atoms with Crippen LogP contribution in [-0.4, -0.2) is 46.5 Å². The third kappa shape index (κ3) is 4.03.